The Morgan fingerprint density at radius 2 is 2.31 bits per heavy atom. The normalized spacial score (nSPS) is 27.8. The molecule has 3 heteroatoms. The smallest absolute Gasteiger partial charge is 0.123 e. The molecule has 0 spiro atoms. The molecule has 2 nitrogen and oxygen atoms in total. The van der Waals surface area contributed by atoms with Gasteiger partial charge in [0.15, 0.2) is 0 Å². The Hall–Kier alpha value is -0.930. The maximum atomic E-state index is 12.9. The summed E-state index contributed by atoms with van der Waals surface area (Å²) >= 11 is 0. The topological polar surface area (TPSA) is 35.2 Å². The van der Waals surface area contributed by atoms with Gasteiger partial charge in [0.2, 0.25) is 0 Å². The van der Waals surface area contributed by atoms with Gasteiger partial charge in [-0.05, 0) is 24.1 Å². The van der Waals surface area contributed by atoms with Crippen LogP contribution in [0.15, 0.2) is 24.3 Å². The highest BCUT2D eigenvalue weighted by Crippen LogP contribution is 2.27. The first-order valence-electron chi connectivity index (χ1n) is 4.40. The van der Waals surface area contributed by atoms with Crippen LogP contribution in [0, 0.1) is 5.82 Å². The third kappa shape index (κ3) is 1.71. The molecule has 1 fully saturated rings. The molecule has 1 saturated heterocycles. The van der Waals surface area contributed by atoms with Crippen molar-refractivity contribution in [2.45, 2.75) is 18.6 Å². The molecular formula is C10H12FNO. The van der Waals surface area contributed by atoms with E-state index in [1.54, 1.807) is 6.07 Å². The molecule has 1 aliphatic heterocycles. The summed E-state index contributed by atoms with van der Waals surface area (Å²) in [6.07, 6.45) is 0.719. The molecular weight excluding hydrogens is 169 g/mol. The number of halogens is 1. The second-order valence-corrected chi connectivity index (χ2v) is 3.30. The van der Waals surface area contributed by atoms with E-state index in [0.29, 0.717) is 6.61 Å². The fraction of sp³-hybridized carbons (Fsp3) is 0.400. The molecule has 70 valence electrons. The van der Waals surface area contributed by atoms with E-state index in [0.717, 1.165) is 12.0 Å². The van der Waals surface area contributed by atoms with Crippen LogP contribution >= 0.6 is 0 Å². The lowest BCUT2D eigenvalue weighted by atomic mass is 10.0. The SMILES string of the molecule is NC1CCOC1c1cccc(F)c1. The van der Waals surface area contributed by atoms with Crippen LogP contribution in [0.5, 0.6) is 0 Å². The molecule has 0 aromatic heterocycles. The Morgan fingerprint density at radius 3 is 2.92 bits per heavy atom. The van der Waals surface area contributed by atoms with Gasteiger partial charge in [-0.15, -0.1) is 0 Å². The highest BCUT2D eigenvalue weighted by Gasteiger charge is 2.26. The second-order valence-electron chi connectivity index (χ2n) is 3.30. The first kappa shape index (κ1) is 8.66. The maximum absolute atomic E-state index is 12.9. The zero-order valence-electron chi connectivity index (χ0n) is 7.24. The Labute approximate surface area is 76.5 Å². The van der Waals surface area contributed by atoms with E-state index in [9.17, 15) is 4.39 Å². The lowest BCUT2D eigenvalue weighted by molar-refractivity contribution is 0.105. The molecule has 0 saturated carbocycles. The predicted molar refractivity (Wildman–Crippen MR) is 47.7 cm³/mol. The highest BCUT2D eigenvalue weighted by molar-refractivity contribution is 5.21. The molecule has 13 heavy (non-hydrogen) atoms. The quantitative estimate of drug-likeness (QED) is 0.714. The standard InChI is InChI=1S/C10H12FNO/c11-8-3-1-2-7(6-8)10-9(12)4-5-13-10/h1-3,6,9-10H,4-5,12H2. The van der Waals surface area contributed by atoms with Crippen molar-refractivity contribution in [1.29, 1.82) is 0 Å². The summed E-state index contributed by atoms with van der Waals surface area (Å²) in [7, 11) is 0. The third-order valence-electron chi connectivity index (χ3n) is 2.31. The van der Waals surface area contributed by atoms with E-state index in [1.165, 1.54) is 12.1 Å². The van der Waals surface area contributed by atoms with Crippen molar-refractivity contribution >= 4 is 0 Å². The van der Waals surface area contributed by atoms with Crippen LogP contribution in [0.2, 0.25) is 0 Å². The number of nitrogens with two attached hydrogens (primary N) is 1. The fourth-order valence-corrected chi connectivity index (χ4v) is 1.63. The number of rotatable bonds is 1. The number of hydrogen-bond acceptors (Lipinski definition) is 2. The van der Waals surface area contributed by atoms with E-state index < -0.39 is 0 Å². The molecule has 2 rings (SSSR count). The van der Waals surface area contributed by atoms with Crippen LogP contribution in [-0.2, 0) is 4.74 Å². The van der Waals surface area contributed by atoms with Crippen molar-refractivity contribution in [2.24, 2.45) is 5.73 Å². The predicted octanol–water partition coefficient (Wildman–Crippen LogP) is 1.61. The van der Waals surface area contributed by atoms with Gasteiger partial charge in [-0.1, -0.05) is 12.1 Å². The van der Waals surface area contributed by atoms with E-state index in [1.807, 2.05) is 6.07 Å². The van der Waals surface area contributed by atoms with Gasteiger partial charge in [0.05, 0.1) is 6.10 Å². The van der Waals surface area contributed by atoms with E-state index in [-0.39, 0.29) is 18.0 Å². The summed E-state index contributed by atoms with van der Waals surface area (Å²) in [5, 5.41) is 0. The number of ether oxygens (including phenoxy) is 1. The molecule has 0 bridgehead atoms. The van der Waals surface area contributed by atoms with Crippen LogP contribution in [-0.4, -0.2) is 12.6 Å². The molecule has 1 aromatic rings. The van der Waals surface area contributed by atoms with Gasteiger partial charge in [0.25, 0.3) is 0 Å². The minimum Gasteiger partial charge on any atom is -0.372 e. The van der Waals surface area contributed by atoms with Crippen molar-refractivity contribution in [3.05, 3.63) is 35.6 Å². The van der Waals surface area contributed by atoms with E-state index in [2.05, 4.69) is 0 Å². The summed E-state index contributed by atoms with van der Waals surface area (Å²) in [4.78, 5) is 0. The van der Waals surface area contributed by atoms with Crippen LogP contribution in [0.1, 0.15) is 18.1 Å². The summed E-state index contributed by atoms with van der Waals surface area (Å²) in [5.41, 5.74) is 6.65. The first-order chi connectivity index (χ1) is 6.27. The lowest BCUT2D eigenvalue weighted by Crippen LogP contribution is -2.23. The van der Waals surface area contributed by atoms with Gasteiger partial charge < -0.3 is 10.5 Å². The molecule has 0 amide bonds. The summed E-state index contributed by atoms with van der Waals surface area (Å²) in [6, 6.07) is 6.43. The van der Waals surface area contributed by atoms with Crippen molar-refractivity contribution in [3.63, 3.8) is 0 Å². The van der Waals surface area contributed by atoms with Crippen LogP contribution < -0.4 is 5.73 Å². The molecule has 0 aliphatic carbocycles. The van der Waals surface area contributed by atoms with Gasteiger partial charge in [-0.25, -0.2) is 4.39 Å². The van der Waals surface area contributed by atoms with E-state index >= 15 is 0 Å². The zero-order valence-corrected chi connectivity index (χ0v) is 7.24. The van der Waals surface area contributed by atoms with Gasteiger partial charge in [0, 0.05) is 12.6 Å². The minimum atomic E-state index is -0.236. The van der Waals surface area contributed by atoms with Crippen molar-refractivity contribution in [2.75, 3.05) is 6.61 Å². The van der Waals surface area contributed by atoms with Gasteiger partial charge in [-0.2, -0.15) is 0 Å². The molecule has 0 radical (unpaired) electrons. The maximum Gasteiger partial charge on any atom is 0.123 e. The van der Waals surface area contributed by atoms with Crippen molar-refractivity contribution in [3.8, 4) is 0 Å². The Morgan fingerprint density at radius 1 is 1.46 bits per heavy atom. The van der Waals surface area contributed by atoms with Gasteiger partial charge >= 0.3 is 0 Å². The first-order valence-corrected chi connectivity index (χ1v) is 4.40. The van der Waals surface area contributed by atoms with Crippen LogP contribution in [0.3, 0.4) is 0 Å². The fourth-order valence-electron chi connectivity index (χ4n) is 1.63. The third-order valence-corrected chi connectivity index (χ3v) is 2.31. The largest absolute Gasteiger partial charge is 0.372 e. The summed E-state index contributed by atoms with van der Waals surface area (Å²) < 4.78 is 18.3. The number of hydrogen-bond donors (Lipinski definition) is 1. The molecule has 1 aromatic carbocycles. The second kappa shape index (κ2) is 3.44. The highest BCUT2D eigenvalue weighted by atomic mass is 19.1. The molecule has 2 atom stereocenters. The average molecular weight is 181 g/mol. The van der Waals surface area contributed by atoms with Crippen LogP contribution in [0.25, 0.3) is 0 Å². The van der Waals surface area contributed by atoms with Crippen molar-refractivity contribution < 1.29 is 9.13 Å². The molecule has 1 heterocycles. The van der Waals surface area contributed by atoms with Gasteiger partial charge in [0.1, 0.15) is 5.82 Å². The zero-order chi connectivity index (χ0) is 9.26. The Balaban J connectivity index is 2.24. The summed E-state index contributed by atoms with van der Waals surface area (Å²) in [5.74, 6) is -0.236. The Kier molecular flexibility index (Phi) is 2.29. The summed E-state index contributed by atoms with van der Waals surface area (Å²) in [6.45, 7) is 0.669. The van der Waals surface area contributed by atoms with Crippen molar-refractivity contribution in [1.82, 2.24) is 0 Å². The Bertz CT molecular complexity index is 303. The van der Waals surface area contributed by atoms with Crippen LogP contribution in [0.4, 0.5) is 4.39 Å². The lowest BCUT2D eigenvalue weighted by Gasteiger charge is -2.14. The van der Waals surface area contributed by atoms with E-state index in [4.69, 9.17) is 10.5 Å². The minimum absolute atomic E-state index is 0.00167. The molecule has 1 aliphatic rings. The average Bonchev–Trinajstić information content (AvgIpc) is 2.51. The molecule has 2 N–H and O–H groups in total. The van der Waals surface area contributed by atoms with Gasteiger partial charge in [-0.3, -0.25) is 0 Å². The monoisotopic (exact) mass is 181 g/mol. The molecule has 2 unspecified atom stereocenters. The number of benzene rings is 1.